The predicted molar refractivity (Wildman–Crippen MR) is 141 cm³/mol. The molecular weight excluding hydrogens is 515 g/mol. The Kier molecular flexibility index (Phi) is 8.51. The van der Waals surface area contributed by atoms with Gasteiger partial charge in [0, 0.05) is 22.3 Å². The molecule has 0 aliphatic heterocycles. The maximum Gasteiger partial charge on any atom is 0.243 e. The minimum atomic E-state index is -3.94. The van der Waals surface area contributed by atoms with Gasteiger partial charge in [0.25, 0.3) is 0 Å². The van der Waals surface area contributed by atoms with E-state index >= 15 is 0 Å². The summed E-state index contributed by atoms with van der Waals surface area (Å²) < 4.78 is 52.1. The van der Waals surface area contributed by atoms with Crippen LogP contribution < -0.4 is 9.47 Å². The topological polar surface area (TPSA) is 76.2 Å². The summed E-state index contributed by atoms with van der Waals surface area (Å²) in [4.78, 5) is 17.5. The Labute approximate surface area is 221 Å². The van der Waals surface area contributed by atoms with Crippen LogP contribution in [0.4, 0.5) is 4.39 Å². The third kappa shape index (κ3) is 6.68. The fourth-order valence-electron chi connectivity index (χ4n) is 4.10. The van der Waals surface area contributed by atoms with E-state index in [9.17, 15) is 17.6 Å². The summed E-state index contributed by atoms with van der Waals surface area (Å²) in [6.45, 7) is 2.54. The number of hydrogen-bond donors (Lipinski definition) is 0. The van der Waals surface area contributed by atoms with Gasteiger partial charge in [0.2, 0.25) is 15.9 Å². The SMILES string of the molecule is COc1ccc(CCN(Cc2ccc(C)s2)C(=O)CN(C2CC2)S(=O)(=O)c2ccc(F)cc2)cc1OC. The molecule has 0 unspecified atom stereocenters. The number of benzene rings is 2. The van der Waals surface area contributed by atoms with Crippen LogP contribution in [0.5, 0.6) is 11.5 Å². The van der Waals surface area contributed by atoms with Crippen molar-refractivity contribution >= 4 is 27.3 Å². The molecule has 1 fully saturated rings. The zero-order valence-electron chi connectivity index (χ0n) is 21.1. The predicted octanol–water partition coefficient (Wildman–Crippen LogP) is 4.64. The van der Waals surface area contributed by atoms with E-state index < -0.39 is 15.8 Å². The van der Waals surface area contributed by atoms with E-state index in [0.29, 0.717) is 43.9 Å². The van der Waals surface area contributed by atoms with Gasteiger partial charge in [-0.15, -0.1) is 11.3 Å². The van der Waals surface area contributed by atoms with Crippen molar-refractivity contribution < 1.29 is 27.1 Å². The van der Waals surface area contributed by atoms with Crippen LogP contribution in [0.15, 0.2) is 59.5 Å². The van der Waals surface area contributed by atoms with E-state index in [4.69, 9.17) is 9.47 Å². The number of sulfonamides is 1. The molecule has 7 nitrogen and oxygen atoms in total. The number of methoxy groups -OCH3 is 2. The van der Waals surface area contributed by atoms with Crippen LogP contribution >= 0.6 is 11.3 Å². The summed E-state index contributed by atoms with van der Waals surface area (Å²) in [5.74, 6) is 0.445. The lowest BCUT2D eigenvalue weighted by Gasteiger charge is -2.27. The minimum Gasteiger partial charge on any atom is -0.493 e. The molecule has 1 aliphatic rings. The molecule has 1 saturated carbocycles. The zero-order valence-corrected chi connectivity index (χ0v) is 22.8. The number of carbonyl (C=O) groups excluding carboxylic acids is 1. The molecule has 0 radical (unpaired) electrons. The molecule has 1 heterocycles. The van der Waals surface area contributed by atoms with E-state index in [1.807, 2.05) is 37.3 Å². The second kappa shape index (κ2) is 11.6. The van der Waals surface area contributed by atoms with Gasteiger partial charge in [0.05, 0.1) is 32.2 Å². The van der Waals surface area contributed by atoms with E-state index in [-0.39, 0.29) is 23.4 Å². The van der Waals surface area contributed by atoms with Gasteiger partial charge in [-0.2, -0.15) is 4.31 Å². The zero-order chi connectivity index (χ0) is 26.6. The Hall–Kier alpha value is -2.95. The third-order valence-electron chi connectivity index (χ3n) is 6.28. The molecule has 0 spiro atoms. The Morgan fingerprint density at radius 2 is 1.73 bits per heavy atom. The number of nitrogens with zero attached hydrogens (tertiary/aromatic N) is 2. The fourth-order valence-corrected chi connectivity index (χ4v) is 6.64. The summed E-state index contributed by atoms with van der Waals surface area (Å²) in [6, 6.07) is 14.1. The largest absolute Gasteiger partial charge is 0.493 e. The Balaban J connectivity index is 1.54. The number of halogens is 1. The third-order valence-corrected chi connectivity index (χ3v) is 9.18. The van der Waals surface area contributed by atoms with Crippen LogP contribution in [0.3, 0.4) is 0 Å². The van der Waals surface area contributed by atoms with E-state index in [0.717, 1.165) is 27.5 Å². The highest BCUT2D eigenvalue weighted by atomic mass is 32.2. The van der Waals surface area contributed by atoms with Gasteiger partial charge in [-0.05, 0) is 80.3 Å². The van der Waals surface area contributed by atoms with Crippen LogP contribution in [-0.4, -0.2) is 56.9 Å². The summed E-state index contributed by atoms with van der Waals surface area (Å²) in [6.07, 6.45) is 1.96. The van der Waals surface area contributed by atoms with Gasteiger partial charge in [-0.25, -0.2) is 12.8 Å². The van der Waals surface area contributed by atoms with Crippen LogP contribution in [0, 0.1) is 12.7 Å². The maximum atomic E-state index is 13.6. The van der Waals surface area contributed by atoms with Crippen LogP contribution in [-0.2, 0) is 27.8 Å². The molecular formula is C27H31FN2O5S2. The van der Waals surface area contributed by atoms with E-state index in [1.165, 1.54) is 16.4 Å². The van der Waals surface area contributed by atoms with Crippen molar-refractivity contribution in [3.63, 3.8) is 0 Å². The highest BCUT2D eigenvalue weighted by Gasteiger charge is 2.40. The van der Waals surface area contributed by atoms with E-state index in [2.05, 4.69) is 0 Å². The molecule has 10 heteroatoms. The molecule has 0 bridgehead atoms. The highest BCUT2D eigenvalue weighted by molar-refractivity contribution is 7.89. The molecule has 0 N–H and O–H groups in total. The number of hydrogen-bond acceptors (Lipinski definition) is 6. The van der Waals surface area contributed by atoms with Gasteiger partial charge in [-0.1, -0.05) is 6.07 Å². The van der Waals surface area contributed by atoms with Gasteiger partial charge in [0.1, 0.15) is 5.82 Å². The maximum absolute atomic E-state index is 13.6. The number of thiophene rings is 1. The van der Waals surface area contributed by atoms with Gasteiger partial charge < -0.3 is 14.4 Å². The first-order valence-corrected chi connectivity index (χ1v) is 14.3. The normalized spacial score (nSPS) is 13.5. The monoisotopic (exact) mass is 546 g/mol. The highest BCUT2D eigenvalue weighted by Crippen LogP contribution is 2.32. The average molecular weight is 547 g/mol. The smallest absolute Gasteiger partial charge is 0.243 e. The molecule has 1 aliphatic carbocycles. The lowest BCUT2D eigenvalue weighted by atomic mass is 10.1. The molecule has 3 aromatic rings. The molecule has 1 aromatic heterocycles. The van der Waals surface area contributed by atoms with Crippen LogP contribution in [0.25, 0.3) is 0 Å². The van der Waals surface area contributed by atoms with Crippen molar-refractivity contribution in [2.45, 2.75) is 43.7 Å². The first-order valence-electron chi connectivity index (χ1n) is 12.0. The number of rotatable bonds is 12. The number of ether oxygens (including phenoxy) is 2. The molecule has 2 aromatic carbocycles. The molecule has 37 heavy (non-hydrogen) atoms. The Morgan fingerprint density at radius 3 is 2.32 bits per heavy atom. The lowest BCUT2D eigenvalue weighted by molar-refractivity contribution is -0.132. The molecule has 198 valence electrons. The second-order valence-electron chi connectivity index (χ2n) is 9.00. The Morgan fingerprint density at radius 1 is 1.03 bits per heavy atom. The van der Waals surface area contributed by atoms with E-state index in [1.54, 1.807) is 30.5 Å². The first kappa shape index (κ1) is 27.1. The summed E-state index contributed by atoms with van der Waals surface area (Å²) in [7, 11) is -0.794. The van der Waals surface area contributed by atoms with Gasteiger partial charge in [-0.3, -0.25) is 4.79 Å². The average Bonchev–Trinajstić information content (AvgIpc) is 3.65. The van der Waals surface area contributed by atoms with Gasteiger partial charge >= 0.3 is 0 Å². The van der Waals surface area contributed by atoms with Crippen molar-refractivity contribution in [3.8, 4) is 11.5 Å². The van der Waals surface area contributed by atoms with Crippen molar-refractivity contribution in [2.75, 3.05) is 27.3 Å². The summed E-state index contributed by atoms with van der Waals surface area (Å²) in [5, 5.41) is 0. The van der Waals surface area contributed by atoms with Crippen LogP contribution in [0.1, 0.15) is 28.2 Å². The lowest BCUT2D eigenvalue weighted by Crippen LogP contribution is -2.44. The Bertz CT molecular complexity index is 1340. The fraction of sp³-hybridized carbons (Fsp3) is 0.370. The molecule has 4 rings (SSSR count). The summed E-state index contributed by atoms with van der Waals surface area (Å²) >= 11 is 1.61. The summed E-state index contributed by atoms with van der Waals surface area (Å²) in [5.41, 5.74) is 0.968. The molecule has 1 amide bonds. The molecule has 0 saturated heterocycles. The van der Waals surface area contributed by atoms with Crippen molar-refractivity contribution in [1.82, 2.24) is 9.21 Å². The van der Waals surface area contributed by atoms with Crippen molar-refractivity contribution in [3.05, 3.63) is 75.7 Å². The molecule has 0 atom stereocenters. The number of carbonyl (C=O) groups is 1. The minimum absolute atomic E-state index is 0.0145. The number of aryl methyl sites for hydroxylation is 1. The number of amides is 1. The second-order valence-corrected chi connectivity index (χ2v) is 12.3. The van der Waals surface area contributed by atoms with Gasteiger partial charge in [0.15, 0.2) is 11.5 Å². The van der Waals surface area contributed by atoms with Crippen LogP contribution in [0.2, 0.25) is 0 Å². The first-order chi connectivity index (χ1) is 17.7. The standard InChI is InChI=1S/C27H31FN2O5S2/c1-19-4-10-23(36-19)17-29(15-14-20-5-13-25(34-2)26(16-20)35-3)27(31)18-30(22-8-9-22)37(32,33)24-11-6-21(28)7-12-24/h4-7,10-13,16,22H,8-9,14-15,17-18H2,1-3H3. The van der Waals surface area contributed by atoms with Crippen molar-refractivity contribution in [1.29, 1.82) is 0 Å². The quantitative estimate of drug-likeness (QED) is 0.331. The van der Waals surface area contributed by atoms with Crippen molar-refractivity contribution in [2.24, 2.45) is 0 Å².